The number of amides is 2. The molecule has 0 atom stereocenters. The second-order valence-electron chi connectivity index (χ2n) is 6.15. The van der Waals surface area contributed by atoms with E-state index < -0.39 is 0 Å². The van der Waals surface area contributed by atoms with E-state index in [1.807, 2.05) is 48.5 Å². The summed E-state index contributed by atoms with van der Waals surface area (Å²) in [5, 5.41) is 9.43. The molecule has 1 aromatic carbocycles. The first-order valence-corrected chi connectivity index (χ1v) is 8.38. The Morgan fingerprint density at radius 3 is 2.69 bits per heavy atom. The van der Waals surface area contributed by atoms with Gasteiger partial charge in [-0.3, -0.25) is 4.98 Å². The lowest BCUT2D eigenvalue weighted by atomic mass is 10.1. The van der Waals surface area contributed by atoms with E-state index in [9.17, 15) is 9.90 Å². The SMILES string of the molecule is O=C1N(Cc2cccnc2)Cc2cccnc2N1c1cccc(CO)c1. The third-order valence-electron chi connectivity index (χ3n) is 4.35. The third-order valence-corrected chi connectivity index (χ3v) is 4.35. The number of aliphatic hydroxyl groups excluding tert-OH is 1. The molecule has 4 rings (SSSR count). The Hall–Kier alpha value is -3.25. The average Bonchev–Trinajstić information content (AvgIpc) is 2.69. The van der Waals surface area contributed by atoms with Crippen LogP contribution in [0, 0.1) is 0 Å². The van der Waals surface area contributed by atoms with Crippen LogP contribution in [-0.4, -0.2) is 26.0 Å². The summed E-state index contributed by atoms with van der Waals surface area (Å²) < 4.78 is 0. The number of urea groups is 1. The summed E-state index contributed by atoms with van der Waals surface area (Å²) in [5.74, 6) is 0.634. The molecule has 6 nitrogen and oxygen atoms in total. The van der Waals surface area contributed by atoms with Gasteiger partial charge in [0.2, 0.25) is 0 Å². The molecule has 6 heteroatoms. The summed E-state index contributed by atoms with van der Waals surface area (Å²) in [7, 11) is 0. The molecule has 1 N–H and O–H groups in total. The molecule has 0 radical (unpaired) electrons. The summed E-state index contributed by atoms with van der Waals surface area (Å²) in [6, 6.07) is 14.8. The van der Waals surface area contributed by atoms with E-state index >= 15 is 0 Å². The number of hydrogen-bond acceptors (Lipinski definition) is 4. The predicted octanol–water partition coefficient (Wildman–Crippen LogP) is 3.24. The van der Waals surface area contributed by atoms with Crippen molar-refractivity contribution < 1.29 is 9.90 Å². The second-order valence-corrected chi connectivity index (χ2v) is 6.15. The van der Waals surface area contributed by atoms with Gasteiger partial charge in [0.15, 0.2) is 0 Å². The van der Waals surface area contributed by atoms with Crippen LogP contribution in [0.2, 0.25) is 0 Å². The molecule has 0 bridgehead atoms. The number of hydrogen-bond donors (Lipinski definition) is 1. The third kappa shape index (κ3) is 3.02. The van der Waals surface area contributed by atoms with Crippen LogP contribution in [0.1, 0.15) is 16.7 Å². The number of benzene rings is 1. The van der Waals surface area contributed by atoms with Crippen molar-refractivity contribution in [3.63, 3.8) is 0 Å². The molecule has 0 spiro atoms. The van der Waals surface area contributed by atoms with Crippen molar-refractivity contribution in [1.82, 2.24) is 14.9 Å². The molecule has 1 aliphatic heterocycles. The maximum atomic E-state index is 13.2. The van der Waals surface area contributed by atoms with Crippen molar-refractivity contribution in [2.24, 2.45) is 0 Å². The molecule has 3 heterocycles. The molecule has 0 saturated heterocycles. The van der Waals surface area contributed by atoms with Crippen molar-refractivity contribution >= 4 is 17.5 Å². The van der Waals surface area contributed by atoms with Gasteiger partial charge >= 0.3 is 6.03 Å². The molecule has 26 heavy (non-hydrogen) atoms. The molecule has 3 aromatic rings. The first-order valence-electron chi connectivity index (χ1n) is 8.38. The van der Waals surface area contributed by atoms with Crippen molar-refractivity contribution in [3.05, 3.63) is 83.8 Å². The van der Waals surface area contributed by atoms with Crippen LogP contribution in [0.15, 0.2) is 67.1 Å². The minimum Gasteiger partial charge on any atom is -0.392 e. The van der Waals surface area contributed by atoms with Crippen molar-refractivity contribution in [1.29, 1.82) is 0 Å². The highest BCUT2D eigenvalue weighted by molar-refractivity contribution is 6.00. The van der Waals surface area contributed by atoms with Crippen LogP contribution in [0.25, 0.3) is 0 Å². The summed E-state index contributed by atoms with van der Waals surface area (Å²) in [4.78, 5) is 25.2. The summed E-state index contributed by atoms with van der Waals surface area (Å²) in [6.45, 7) is 0.884. The minimum atomic E-state index is -0.143. The number of aliphatic hydroxyl groups is 1. The van der Waals surface area contributed by atoms with E-state index in [4.69, 9.17) is 0 Å². The molecule has 1 aliphatic rings. The Morgan fingerprint density at radius 2 is 1.88 bits per heavy atom. The van der Waals surface area contributed by atoms with Gasteiger partial charge in [0.05, 0.1) is 18.8 Å². The zero-order chi connectivity index (χ0) is 17.9. The summed E-state index contributed by atoms with van der Waals surface area (Å²) in [5.41, 5.74) is 3.39. The fourth-order valence-electron chi connectivity index (χ4n) is 3.12. The van der Waals surface area contributed by atoms with Crippen LogP contribution >= 0.6 is 0 Å². The number of nitrogens with zero attached hydrogens (tertiary/aromatic N) is 4. The van der Waals surface area contributed by atoms with Crippen LogP contribution in [0.3, 0.4) is 0 Å². The van der Waals surface area contributed by atoms with E-state index in [2.05, 4.69) is 9.97 Å². The van der Waals surface area contributed by atoms with Gasteiger partial charge in [-0.25, -0.2) is 14.7 Å². The highest BCUT2D eigenvalue weighted by atomic mass is 16.3. The maximum absolute atomic E-state index is 13.2. The first kappa shape index (κ1) is 16.2. The van der Waals surface area contributed by atoms with E-state index in [0.717, 1.165) is 16.7 Å². The highest BCUT2D eigenvalue weighted by Crippen LogP contribution is 2.34. The largest absolute Gasteiger partial charge is 0.392 e. The molecule has 0 fully saturated rings. The standard InChI is InChI=1S/C20H18N4O2/c25-14-15-4-1-7-18(10-15)24-19-17(6-3-9-22-19)13-23(20(24)26)12-16-5-2-8-21-11-16/h1-11,25H,12-14H2. The van der Waals surface area contributed by atoms with Crippen LogP contribution < -0.4 is 4.90 Å². The Balaban J connectivity index is 1.74. The average molecular weight is 346 g/mol. The molecular weight excluding hydrogens is 328 g/mol. The highest BCUT2D eigenvalue weighted by Gasteiger charge is 2.32. The Bertz CT molecular complexity index is 930. The van der Waals surface area contributed by atoms with Gasteiger partial charge in [-0.15, -0.1) is 0 Å². The van der Waals surface area contributed by atoms with Gasteiger partial charge in [0.25, 0.3) is 0 Å². The Labute approximate surface area is 151 Å². The normalized spacial score (nSPS) is 13.7. The van der Waals surface area contributed by atoms with E-state index in [1.54, 1.807) is 28.4 Å². The number of anilines is 2. The molecule has 2 aromatic heterocycles. The number of aromatic nitrogens is 2. The van der Waals surface area contributed by atoms with Crippen LogP contribution in [0.4, 0.5) is 16.3 Å². The summed E-state index contributed by atoms with van der Waals surface area (Å²) in [6.07, 6.45) is 5.17. The lowest BCUT2D eigenvalue weighted by molar-refractivity contribution is 0.198. The van der Waals surface area contributed by atoms with Crippen molar-refractivity contribution in [2.45, 2.75) is 19.7 Å². The number of pyridine rings is 2. The van der Waals surface area contributed by atoms with E-state index in [0.29, 0.717) is 24.6 Å². The maximum Gasteiger partial charge on any atom is 0.330 e. The number of carbonyl (C=O) groups is 1. The smallest absolute Gasteiger partial charge is 0.330 e. The Morgan fingerprint density at radius 1 is 1.04 bits per heavy atom. The molecule has 130 valence electrons. The van der Waals surface area contributed by atoms with Crippen molar-refractivity contribution in [3.8, 4) is 0 Å². The zero-order valence-corrected chi connectivity index (χ0v) is 14.1. The number of carbonyl (C=O) groups excluding carboxylic acids is 1. The predicted molar refractivity (Wildman–Crippen MR) is 97.6 cm³/mol. The van der Waals surface area contributed by atoms with Crippen LogP contribution in [-0.2, 0) is 19.7 Å². The topological polar surface area (TPSA) is 69.6 Å². The van der Waals surface area contributed by atoms with Gasteiger partial charge in [-0.05, 0) is 35.4 Å². The van der Waals surface area contributed by atoms with Gasteiger partial charge in [-0.2, -0.15) is 0 Å². The lowest BCUT2D eigenvalue weighted by Gasteiger charge is -2.36. The van der Waals surface area contributed by atoms with Gasteiger partial charge in [0.1, 0.15) is 5.82 Å². The van der Waals surface area contributed by atoms with Gasteiger partial charge < -0.3 is 10.0 Å². The number of rotatable bonds is 4. The molecule has 0 aliphatic carbocycles. The fourth-order valence-corrected chi connectivity index (χ4v) is 3.12. The molecule has 0 unspecified atom stereocenters. The lowest BCUT2D eigenvalue weighted by Crippen LogP contribution is -2.44. The van der Waals surface area contributed by atoms with E-state index in [-0.39, 0.29) is 12.6 Å². The van der Waals surface area contributed by atoms with Gasteiger partial charge in [0, 0.05) is 30.7 Å². The van der Waals surface area contributed by atoms with Gasteiger partial charge in [-0.1, -0.05) is 24.3 Å². The quantitative estimate of drug-likeness (QED) is 0.787. The molecule has 2 amide bonds. The first-order chi connectivity index (χ1) is 12.8. The molecular formula is C20H18N4O2. The zero-order valence-electron chi connectivity index (χ0n) is 14.1. The monoisotopic (exact) mass is 346 g/mol. The second kappa shape index (κ2) is 6.93. The van der Waals surface area contributed by atoms with E-state index in [1.165, 1.54) is 0 Å². The number of fused-ring (bicyclic) bond motifs is 1. The molecule has 0 saturated carbocycles. The summed E-state index contributed by atoms with van der Waals surface area (Å²) >= 11 is 0. The fraction of sp³-hybridized carbons (Fsp3) is 0.150. The van der Waals surface area contributed by atoms with Crippen LogP contribution in [0.5, 0.6) is 0 Å². The Kier molecular flexibility index (Phi) is 4.33. The minimum absolute atomic E-state index is 0.0790. The van der Waals surface area contributed by atoms with Crippen molar-refractivity contribution in [2.75, 3.05) is 4.90 Å².